The predicted molar refractivity (Wildman–Crippen MR) is 28.6 cm³/mol. The average molecular weight is 148 g/mol. The number of nitrogens with one attached hydrogen (secondary N) is 1. The fourth-order valence-corrected chi connectivity index (χ4v) is 0. The number of aliphatic hydroxyl groups is 1. The number of halogens is 2. The van der Waals surface area contributed by atoms with Gasteiger partial charge < -0.3 is 10.3 Å². The Bertz CT molecular complexity index is 21.2. The third-order valence-corrected chi connectivity index (χ3v) is 0.0707. The van der Waals surface area contributed by atoms with Gasteiger partial charge in [-0.25, -0.2) is 0 Å². The van der Waals surface area contributed by atoms with Crippen LogP contribution in [0.4, 0.5) is 0 Å². The molecule has 3 nitrogen and oxygen atoms in total. The molecule has 0 amide bonds. The molecular formula is C2H7Cl2NO2. The summed E-state index contributed by atoms with van der Waals surface area (Å²) in [6.45, 7) is -0.375. The molecule has 5 heteroatoms. The zero-order chi connectivity index (χ0) is 6.12. The highest BCUT2D eigenvalue weighted by atomic mass is 35.5. The van der Waals surface area contributed by atoms with Crippen LogP contribution < -0.4 is 5.48 Å². The lowest BCUT2D eigenvalue weighted by molar-refractivity contribution is 0.0794. The van der Waals surface area contributed by atoms with E-state index in [4.69, 9.17) is 33.5 Å². The Hall–Kier alpha value is 0.460. The molecule has 0 radical (unpaired) electrons. The van der Waals surface area contributed by atoms with Crippen molar-refractivity contribution in [3.8, 4) is 0 Å². The van der Waals surface area contributed by atoms with Crippen LogP contribution in [0.25, 0.3) is 0 Å². The molecule has 0 aromatic rings. The van der Waals surface area contributed by atoms with E-state index in [1.807, 2.05) is 0 Å². The summed E-state index contributed by atoms with van der Waals surface area (Å²) in [5, 5.41) is 15.1. The molecule has 0 heterocycles. The molecule has 0 aromatic carbocycles. The topological polar surface area (TPSA) is 52.5 Å². The third-order valence-electron chi connectivity index (χ3n) is 0.0707. The molecule has 0 fully saturated rings. The van der Waals surface area contributed by atoms with Gasteiger partial charge in [0.1, 0.15) is 6.73 Å². The van der Waals surface area contributed by atoms with Crippen LogP contribution in [0.5, 0.6) is 0 Å². The van der Waals surface area contributed by atoms with Gasteiger partial charge in [0.05, 0.1) is 5.34 Å². The van der Waals surface area contributed by atoms with Crippen molar-refractivity contribution in [2.24, 2.45) is 0 Å². The molecule has 0 aliphatic rings. The first-order valence-electron chi connectivity index (χ1n) is 1.43. The van der Waals surface area contributed by atoms with Crippen LogP contribution >= 0.6 is 23.2 Å². The smallest absolute Gasteiger partial charge is 0.115 e. The zero-order valence-electron chi connectivity index (χ0n) is 3.56. The van der Waals surface area contributed by atoms with Gasteiger partial charge in [0, 0.05) is 0 Å². The lowest BCUT2D eigenvalue weighted by atomic mass is 11.4. The van der Waals surface area contributed by atoms with Gasteiger partial charge in [-0.1, -0.05) is 0 Å². The Morgan fingerprint density at radius 1 is 1.43 bits per heavy atom. The molecule has 3 N–H and O–H groups in total. The van der Waals surface area contributed by atoms with Gasteiger partial charge in [0.15, 0.2) is 0 Å². The van der Waals surface area contributed by atoms with E-state index >= 15 is 0 Å². The molecule has 7 heavy (non-hydrogen) atoms. The highest BCUT2D eigenvalue weighted by molar-refractivity contribution is 6.40. The molecule has 0 aliphatic heterocycles. The van der Waals surface area contributed by atoms with Gasteiger partial charge in [0.2, 0.25) is 0 Å². The van der Waals surface area contributed by atoms with Gasteiger partial charge in [-0.05, 0) is 0 Å². The van der Waals surface area contributed by atoms with Gasteiger partial charge in [-0.2, -0.15) is 5.48 Å². The van der Waals surface area contributed by atoms with Gasteiger partial charge in [0.25, 0.3) is 0 Å². The Morgan fingerprint density at radius 3 is 1.57 bits per heavy atom. The van der Waals surface area contributed by atoms with E-state index in [1.165, 1.54) is 5.48 Å². The summed E-state index contributed by atoms with van der Waals surface area (Å²) in [7, 11) is 0. The first-order valence-corrected chi connectivity index (χ1v) is 2.50. The fourth-order valence-electron chi connectivity index (χ4n) is 0. The van der Waals surface area contributed by atoms with Crippen molar-refractivity contribution in [3.63, 3.8) is 0 Å². The van der Waals surface area contributed by atoms with Crippen LogP contribution in [0.3, 0.4) is 0 Å². The molecular weight excluding hydrogens is 141 g/mol. The minimum absolute atomic E-state index is 0.194. The second kappa shape index (κ2) is 16.1. The summed E-state index contributed by atoms with van der Waals surface area (Å²) in [5.41, 5.74) is 1.49. The van der Waals surface area contributed by atoms with E-state index < -0.39 is 0 Å². The fraction of sp³-hybridized carbons (Fsp3) is 1.00. The number of rotatable bonds is 1. The SMILES string of the molecule is ClCCl.OCNO. The number of hydrogen-bond acceptors (Lipinski definition) is 3. The molecule has 0 rings (SSSR count). The summed E-state index contributed by atoms with van der Waals surface area (Å²) >= 11 is 9.53. The minimum atomic E-state index is -0.375. The number of aliphatic hydroxyl groups excluding tert-OH is 1. The zero-order valence-corrected chi connectivity index (χ0v) is 5.08. The second-order valence-electron chi connectivity index (χ2n) is 0.417. The first kappa shape index (κ1) is 10.4. The lowest BCUT2D eigenvalue weighted by Gasteiger charge is -1.75. The van der Waals surface area contributed by atoms with Crippen LogP contribution in [0, 0.1) is 0 Å². The molecule has 0 aliphatic carbocycles. The van der Waals surface area contributed by atoms with Crippen molar-refractivity contribution in [1.82, 2.24) is 5.48 Å². The van der Waals surface area contributed by atoms with E-state index in [9.17, 15) is 0 Å². The normalized spacial score (nSPS) is 6.86. The molecule has 0 saturated carbocycles. The molecule has 0 spiro atoms. The van der Waals surface area contributed by atoms with Crippen LogP contribution in [-0.4, -0.2) is 22.4 Å². The van der Waals surface area contributed by atoms with Crippen molar-refractivity contribution in [2.45, 2.75) is 0 Å². The molecule has 0 bridgehead atoms. The largest absolute Gasteiger partial charge is 0.379 e. The second-order valence-corrected chi connectivity index (χ2v) is 1.23. The maximum absolute atomic E-state index is 7.51. The summed E-state index contributed by atoms with van der Waals surface area (Å²) in [6, 6.07) is 0. The maximum Gasteiger partial charge on any atom is 0.115 e. The quantitative estimate of drug-likeness (QED) is 0.285. The molecule has 46 valence electrons. The first-order chi connectivity index (χ1) is 3.33. The van der Waals surface area contributed by atoms with E-state index in [-0.39, 0.29) is 12.1 Å². The van der Waals surface area contributed by atoms with E-state index in [2.05, 4.69) is 0 Å². The van der Waals surface area contributed by atoms with Crippen molar-refractivity contribution >= 4 is 23.2 Å². The van der Waals surface area contributed by atoms with Crippen molar-refractivity contribution in [2.75, 3.05) is 12.1 Å². The lowest BCUT2D eigenvalue weighted by Crippen LogP contribution is -2.05. The summed E-state index contributed by atoms with van der Waals surface area (Å²) in [5.74, 6) is 0. The molecule has 0 saturated heterocycles. The van der Waals surface area contributed by atoms with Crippen molar-refractivity contribution in [3.05, 3.63) is 0 Å². The Morgan fingerprint density at radius 2 is 1.57 bits per heavy atom. The van der Waals surface area contributed by atoms with Crippen LogP contribution in [-0.2, 0) is 0 Å². The van der Waals surface area contributed by atoms with Crippen LogP contribution in [0.2, 0.25) is 0 Å². The Balaban J connectivity index is 0. The summed E-state index contributed by atoms with van der Waals surface area (Å²) in [4.78, 5) is 0. The highest BCUT2D eigenvalue weighted by Gasteiger charge is 1.52. The Labute approximate surface area is 51.8 Å². The van der Waals surface area contributed by atoms with Gasteiger partial charge in [-0.15, -0.1) is 23.2 Å². The van der Waals surface area contributed by atoms with E-state index in [1.54, 1.807) is 0 Å². The number of hydrogen-bond donors (Lipinski definition) is 3. The molecule has 0 aromatic heterocycles. The predicted octanol–water partition coefficient (Wildman–Crippen LogP) is 0.336. The van der Waals surface area contributed by atoms with Crippen molar-refractivity contribution in [1.29, 1.82) is 0 Å². The monoisotopic (exact) mass is 147 g/mol. The van der Waals surface area contributed by atoms with Gasteiger partial charge in [-0.3, -0.25) is 0 Å². The van der Waals surface area contributed by atoms with Crippen LogP contribution in [0.15, 0.2) is 0 Å². The van der Waals surface area contributed by atoms with E-state index in [0.29, 0.717) is 0 Å². The van der Waals surface area contributed by atoms with Gasteiger partial charge >= 0.3 is 0 Å². The summed E-state index contributed by atoms with van der Waals surface area (Å²) in [6.07, 6.45) is 0. The van der Waals surface area contributed by atoms with Crippen molar-refractivity contribution < 1.29 is 10.3 Å². The van der Waals surface area contributed by atoms with Crippen LogP contribution in [0.1, 0.15) is 0 Å². The highest BCUT2D eigenvalue weighted by Crippen LogP contribution is 1.73. The minimum Gasteiger partial charge on any atom is -0.379 e. The standard InChI is InChI=1S/CH2Cl2.CH5NO2/c2-1-3;3-1-2-4/h1H2;2-4H,1H2. The third kappa shape index (κ3) is 60.3. The summed E-state index contributed by atoms with van der Waals surface area (Å²) < 4.78 is 0. The maximum atomic E-state index is 7.51. The Kier molecular flexibility index (Phi) is 24.0. The molecule has 0 unspecified atom stereocenters. The average Bonchev–Trinajstić information content (AvgIpc) is 1.69. The molecule has 0 atom stereocenters. The number of alkyl halides is 2. The van der Waals surface area contributed by atoms with E-state index in [0.717, 1.165) is 0 Å². The number of hydroxylamine groups is 1.